The summed E-state index contributed by atoms with van der Waals surface area (Å²) in [7, 11) is 1.28. The average Bonchev–Trinajstić information content (AvgIpc) is 2.62. The molecule has 0 saturated carbocycles. The van der Waals surface area contributed by atoms with Crippen molar-refractivity contribution in [2.45, 2.75) is 18.9 Å². The van der Waals surface area contributed by atoms with E-state index in [9.17, 15) is 9.18 Å². The Balaban J connectivity index is 1.61. The van der Waals surface area contributed by atoms with Gasteiger partial charge in [-0.05, 0) is 37.1 Å². The van der Waals surface area contributed by atoms with Crippen molar-refractivity contribution in [3.05, 3.63) is 48.0 Å². The minimum atomic E-state index is -0.536. The van der Waals surface area contributed by atoms with Crippen molar-refractivity contribution in [2.75, 3.05) is 30.4 Å². The lowest BCUT2D eigenvalue weighted by Gasteiger charge is -2.34. The van der Waals surface area contributed by atoms with Crippen LogP contribution in [0.3, 0.4) is 0 Å². The molecule has 1 aromatic heterocycles. The van der Waals surface area contributed by atoms with Gasteiger partial charge in [0.1, 0.15) is 5.82 Å². The van der Waals surface area contributed by atoms with Crippen LogP contribution in [-0.4, -0.2) is 42.2 Å². The number of nitrogens with zero attached hydrogens (tertiary/aromatic N) is 3. The van der Waals surface area contributed by atoms with Gasteiger partial charge in [0.05, 0.1) is 18.4 Å². The van der Waals surface area contributed by atoms with E-state index in [0.29, 0.717) is 11.6 Å². The highest BCUT2D eigenvalue weighted by atomic mass is 19.1. The second kappa shape index (κ2) is 7.25. The lowest BCUT2D eigenvalue weighted by atomic mass is 10.0. The van der Waals surface area contributed by atoms with Gasteiger partial charge in [0.15, 0.2) is 0 Å². The summed E-state index contributed by atoms with van der Waals surface area (Å²) < 4.78 is 18.9. The Morgan fingerprint density at radius 3 is 2.62 bits per heavy atom. The maximum Gasteiger partial charge on any atom is 0.337 e. The summed E-state index contributed by atoms with van der Waals surface area (Å²) in [6.45, 7) is 1.44. The summed E-state index contributed by atoms with van der Waals surface area (Å²) in [5, 5.41) is 3.30. The Morgan fingerprint density at radius 1 is 1.29 bits per heavy atom. The molecule has 1 aliphatic rings. The standard InChI is InChI=1S/C17H19FN4O2/c1-24-16(23)12-3-4-15(14(18)11-12)22-9-5-13(6-10-22)21-17-19-7-2-8-20-17/h2-4,7-8,11,13H,5-6,9-10H2,1H3,(H,19,20,21). The number of benzene rings is 1. The lowest BCUT2D eigenvalue weighted by molar-refractivity contribution is 0.0600. The molecular formula is C17H19FN4O2. The topological polar surface area (TPSA) is 67.3 Å². The molecule has 7 heteroatoms. The van der Waals surface area contributed by atoms with E-state index in [2.05, 4.69) is 20.0 Å². The van der Waals surface area contributed by atoms with Gasteiger partial charge in [-0.1, -0.05) is 0 Å². The third kappa shape index (κ3) is 3.61. The zero-order valence-corrected chi connectivity index (χ0v) is 13.4. The van der Waals surface area contributed by atoms with Crippen molar-refractivity contribution in [3.63, 3.8) is 0 Å². The smallest absolute Gasteiger partial charge is 0.337 e. The molecule has 6 nitrogen and oxygen atoms in total. The number of aromatic nitrogens is 2. The Bertz CT molecular complexity index is 703. The monoisotopic (exact) mass is 330 g/mol. The molecule has 0 amide bonds. The number of rotatable bonds is 4. The minimum absolute atomic E-state index is 0.219. The third-order valence-electron chi connectivity index (χ3n) is 4.10. The summed E-state index contributed by atoms with van der Waals surface area (Å²) in [5.41, 5.74) is 0.730. The quantitative estimate of drug-likeness (QED) is 0.869. The van der Waals surface area contributed by atoms with Crippen molar-refractivity contribution in [3.8, 4) is 0 Å². The molecule has 126 valence electrons. The fourth-order valence-corrected chi connectivity index (χ4v) is 2.83. The number of anilines is 2. The van der Waals surface area contributed by atoms with E-state index in [-0.39, 0.29) is 11.6 Å². The first-order valence-corrected chi connectivity index (χ1v) is 7.84. The predicted octanol–water partition coefficient (Wildman–Crippen LogP) is 2.48. The van der Waals surface area contributed by atoms with E-state index in [1.54, 1.807) is 30.6 Å². The van der Waals surface area contributed by atoms with E-state index in [0.717, 1.165) is 25.9 Å². The number of piperidine rings is 1. The van der Waals surface area contributed by atoms with Gasteiger partial charge in [0.2, 0.25) is 5.95 Å². The number of hydrogen-bond acceptors (Lipinski definition) is 6. The minimum Gasteiger partial charge on any atom is -0.465 e. The molecule has 0 unspecified atom stereocenters. The summed E-state index contributed by atoms with van der Waals surface area (Å²) >= 11 is 0. The normalized spacial score (nSPS) is 15.2. The van der Waals surface area contributed by atoms with Crippen molar-refractivity contribution in [1.29, 1.82) is 0 Å². The number of esters is 1. The van der Waals surface area contributed by atoms with Crippen LogP contribution in [0.1, 0.15) is 23.2 Å². The fraction of sp³-hybridized carbons (Fsp3) is 0.353. The molecule has 1 saturated heterocycles. The Kier molecular flexibility index (Phi) is 4.88. The maximum atomic E-state index is 14.3. The number of hydrogen-bond donors (Lipinski definition) is 1. The van der Waals surface area contributed by atoms with Crippen LogP contribution in [0.5, 0.6) is 0 Å². The van der Waals surface area contributed by atoms with E-state index in [4.69, 9.17) is 0 Å². The number of carbonyl (C=O) groups is 1. The molecule has 2 aromatic rings. The molecule has 3 rings (SSSR count). The summed E-state index contributed by atoms with van der Waals surface area (Å²) in [6.07, 6.45) is 5.11. The van der Waals surface area contributed by atoms with Gasteiger partial charge in [-0.3, -0.25) is 0 Å². The number of halogens is 1. The van der Waals surface area contributed by atoms with Crippen LogP contribution < -0.4 is 10.2 Å². The van der Waals surface area contributed by atoms with Crippen molar-refractivity contribution < 1.29 is 13.9 Å². The van der Waals surface area contributed by atoms with Gasteiger partial charge < -0.3 is 15.0 Å². The number of nitrogens with one attached hydrogen (secondary N) is 1. The van der Waals surface area contributed by atoms with Gasteiger partial charge in [-0.2, -0.15) is 0 Å². The first-order chi connectivity index (χ1) is 11.7. The molecule has 0 spiro atoms. The molecular weight excluding hydrogens is 311 g/mol. The maximum absolute atomic E-state index is 14.3. The third-order valence-corrected chi connectivity index (χ3v) is 4.10. The summed E-state index contributed by atoms with van der Waals surface area (Å²) in [6, 6.07) is 6.49. The molecule has 0 radical (unpaired) electrons. The second-order valence-corrected chi connectivity index (χ2v) is 5.64. The van der Waals surface area contributed by atoms with Gasteiger partial charge in [0.25, 0.3) is 0 Å². The Hall–Kier alpha value is -2.70. The SMILES string of the molecule is COC(=O)c1ccc(N2CCC(Nc3ncccn3)CC2)c(F)c1. The lowest BCUT2D eigenvalue weighted by Crippen LogP contribution is -2.39. The van der Waals surface area contributed by atoms with Gasteiger partial charge >= 0.3 is 5.97 Å². The predicted molar refractivity (Wildman–Crippen MR) is 88.6 cm³/mol. The van der Waals surface area contributed by atoms with Gasteiger partial charge in [-0.15, -0.1) is 0 Å². The molecule has 1 aliphatic heterocycles. The molecule has 1 fully saturated rings. The largest absolute Gasteiger partial charge is 0.465 e. The molecule has 1 aromatic carbocycles. The highest BCUT2D eigenvalue weighted by Gasteiger charge is 2.22. The van der Waals surface area contributed by atoms with E-state index in [1.165, 1.54) is 13.2 Å². The van der Waals surface area contributed by atoms with Crippen molar-refractivity contribution in [2.24, 2.45) is 0 Å². The van der Waals surface area contributed by atoms with Crippen LogP contribution in [0.25, 0.3) is 0 Å². The number of methoxy groups -OCH3 is 1. The van der Waals surface area contributed by atoms with E-state index < -0.39 is 11.8 Å². The van der Waals surface area contributed by atoms with Gasteiger partial charge in [-0.25, -0.2) is 19.2 Å². The number of carbonyl (C=O) groups excluding carboxylic acids is 1. The van der Waals surface area contributed by atoms with Crippen molar-refractivity contribution in [1.82, 2.24) is 9.97 Å². The van der Waals surface area contributed by atoms with Crippen LogP contribution in [0.15, 0.2) is 36.7 Å². The highest BCUT2D eigenvalue weighted by Crippen LogP contribution is 2.25. The Morgan fingerprint density at radius 2 is 2.00 bits per heavy atom. The van der Waals surface area contributed by atoms with Gasteiger partial charge in [0, 0.05) is 31.5 Å². The van der Waals surface area contributed by atoms with E-state index in [1.807, 2.05) is 4.90 Å². The molecule has 24 heavy (non-hydrogen) atoms. The fourth-order valence-electron chi connectivity index (χ4n) is 2.83. The molecule has 0 bridgehead atoms. The number of ether oxygens (including phenoxy) is 1. The molecule has 0 aliphatic carbocycles. The van der Waals surface area contributed by atoms with Crippen LogP contribution in [-0.2, 0) is 4.74 Å². The summed E-state index contributed by atoms with van der Waals surface area (Å²) in [4.78, 5) is 21.8. The first kappa shape index (κ1) is 16.2. The van der Waals surface area contributed by atoms with Crippen LogP contribution in [0, 0.1) is 5.82 Å². The molecule has 2 heterocycles. The second-order valence-electron chi connectivity index (χ2n) is 5.64. The van der Waals surface area contributed by atoms with Crippen LogP contribution in [0.2, 0.25) is 0 Å². The molecule has 0 atom stereocenters. The zero-order valence-electron chi connectivity index (χ0n) is 13.4. The highest BCUT2D eigenvalue weighted by molar-refractivity contribution is 5.89. The Labute approximate surface area is 139 Å². The van der Waals surface area contributed by atoms with Crippen molar-refractivity contribution >= 4 is 17.6 Å². The average molecular weight is 330 g/mol. The zero-order chi connectivity index (χ0) is 16.9. The van der Waals surface area contributed by atoms with E-state index >= 15 is 0 Å². The van der Waals surface area contributed by atoms with Crippen LogP contribution in [0.4, 0.5) is 16.0 Å². The first-order valence-electron chi connectivity index (χ1n) is 7.84. The summed E-state index contributed by atoms with van der Waals surface area (Å²) in [5.74, 6) is -0.327. The molecule has 1 N–H and O–H groups in total. The van der Waals surface area contributed by atoms with Crippen LogP contribution >= 0.6 is 0 Å².